The average molecular weight is 231 g/mol. The van der Waals surface area contributed by atoms with E-state index in [1.165, 1.54) is 6.20 Å². The zero-order valence-corrected chi connectivity index (χ0v) is 9.73. The van der Waals surface area contributed by atoms with Crippen LogP contribution >= 0.6 is 0 Å². The molecule has 2 heterocycles. The lowest BCUT2D eigenvalue weighted by atomic mass is 10.1. The van der Waals surface area contributed by atoms with E-state index >= 15 is 0 Å². The van der Waals surface area contributed by atoms with Crippen LogP contribution in [0.4, 0.5) is 0 Å². The van der Waals surface area contributed by atoms with E-state index in [4.69, 9.17) is 4.74 Å². The maximum Gasteiger partial charge on any atom is 0.342 e. The lowest BCUT2D eigenvalue weighted by molar-refractivity contribution is 0.0527. The fourth-order valence-corrected chi connectivity index (χ4v) is 1.58. The first kappa shape index (κ1) is 11.3. The molecule has 0 bridgehead atoms. The summed E-state index contributed by atoms with van der Waals surface area (Å²) in [6.45, 7) is 4.03. The van der Waals surface area contributed by atoms with Crippen molar-refractivity contribution >= 4 is 5.97 Å². The van der Waals surface area contributed by atoms with Gasteiger partial charge in [0, 0.05) is 6.20 Å². The molecule has 2 aromatic heterocycles. The Bertz CT molecular complexity index is 534. The van der Waals surface area contributed by atoms with Gasteiger partial charge in [-0.15, -0.1) is 0 Å². The number of aromatic nitrogens is 3. The monoisotopic (exact) mass is 231 g/mol. The Labute approximate surface area is 98.8 Å². The van der Waals surface area contributed by atoms with E-state index in [-0.39, 0.29) is 5.97 Å². The van der Waals surface area contributed by atoms with E-state index in [1.54, 1.807) is 13.1 Å². The Morgan fingerprint density at radius 2 is 2.35 bits per heavy atom. The van der Waals surface area contributed by atoms with Crippen LogP contribution in [0.3, 0.4) is 0 Å². The second kappa shape index (κ2) is 4.78. The molecule has 0 aromatic carbocycles. The van der Waals surface area contributed by atoms with Crippen molar-refractivity contribution in [1.29, 1.82) is 0 Å². The molecule has 0 atom stereocenters. The zero-order valence-electron chi connectivity index (χ0n) is 9.73. The van der Waals surface area contributed by atoms with Gasteiger partial charge in [0.05, 0.1) is 24.2 Å². The summed E-state index contributed by atoms with van der Waals surface area (Å²) in [7, 11) is 0. The van der Waals surface area contributed by atoms with Gasteiger partial charge in [-0.1, -0.05) is 6.07 Å². The Morgan fingerprint density at radius 3 is 3.06 bits per heavy atom. The molecule has 17 heavy (non-hydrogen) atoms. The Morgan fingerprint density at radius 1 is 1.53 bits per heavy atom. The minimum absolute atomic E-state index is 0.338. The van der Waals surface area contributed by atoms with E-state index in [9.17, 15) is 4.79 Å². The normalized spacial score (nSPS) is 10.2. The number of aromatic amines is 1. The molecule has 0 aliphatic carbocycles. The number of H-pyrrole nitrogens is 1. The number of nitrogens with one attached hydrogen (secondary N) is 1. The van der Waals surface area contributed by atoms with Gasteiger partial charge in [0.15, 0.2) is 0 Å². The first-order chi connectivity index (χ1) is 8.24. The van der Waals surface area contributed by atoms with Gasteiger partial charge in [0.1, 0.15) is 5.56 Å². The van der Waals surface area contributed by atoms with E-state index < -0.39 is 0 Å². The van der Waals surface area contributed by atoms with Crippen LogP contribution in [0, 0.1) is 6.92 Å². The van der Waals surface area contributed by atoms with E-state index in [2.05, 4.69) is 15.2 Å². The first-order valence-corrected chi connectivity index (χ1v) is 5.36. The van der Waals surface area contributed by atoms with Crippen molar-refractivity contribution in [2.24, 2.45) is 0 Å². The van der Waals surface area contributed by atoms with E-state index in [1.807, 2.05) is 19.1 Å². The SMILES string of the molecule is CCOC(=O)c1cn[nH]c1-c1ncccc1C. The largest absolute Gasteiger partial charge is 0.462 e. The number of nitrogens with zero attached hydrogens (tertiary/aromatic N) is 2. The summed E-state index contributed by atoms with van der Waals surface area (Å²) in [4.78, 5) is 15.9. The highest BCUT2D eigenvalue weighted by Gasteiger charge is 2.18. The summed E-state index contributed by atoms with van der Waals surface area (Å²) < 4.78 is 4.96. The molecule has 0 aliphatic rings. The number of carbonyl (C=O) groups is 1. The fourth-order valence-electron chi connectivity index (χ4n) is 1.58. The van der Waals surface area contributed by atoms with Crippen LogP contribution in [-0.4, -0.2) is 27.8 Å². The Hall–Kier alpha value is -2.17. The molecule has 0 fully saturated rings. The molecule has 0 saturated carbocycles. The van der Waals surface area contributed by atoms with Crippen molar-refractivity contribution in [3.8, 4) is 11.4 Å². The van der Waals surface area contributed by atoms with E-state index in [0.717, 1.165) is 5.56 Å². The quantitative estimate of drug-likeness (QED) is 0.820. The molecule has 1 N–H and O–H groups in total. The highest BCUT2D eigenvalue weighted by molar-refractivity contribution is 5.95. The summed E-state index contributed by atoms with van der Waals surface area (Å²) in [6, 6.07) is 3.78. The van der Waals surface area contributed by atoms with Crippen LogP contribution in [0.15, 0.2) is 24.5 Å². The van der Waals surface area contributed by atoms with Crippen LogP contribution in [0.1, 0.15) is 22.8 Å². The third kappa shape index (κ3) is 2.18. The van der Waals surface area contributed by atoms with Crippen LogP contribution in [0.5, 0.6) is 0 Å². The van der Waals surface area contributed by atoms with Crippen LogP contribution < -0.4 is 0 Å². The van der Waals surface area contributed by atoms with Crippen LogP contribution in [0.2, 0.25) is 0 Å². The van der Waals surface area contributed by atoms with Crippen molar-refractivity contribution in [2.45, 2.75) is 13.8 Å². The second-order valence-corrected chi connectivity index (χ2v) is 3.55. The van der Waals surface area contributed by atoms with Crippen LogP contribution in [-0.2, 0) is 4.74 Å². The number of hydrogen-bond acceptors (Lipinski definition) is 4. The molecule has 0 amide bonds. The van der Waals surface area contributed by atoms with Crippen molar-refractivity contribution in [1.82, 2.24) is 15.2 Å². The topological polar surface area (TPSA) is 67.9 Å². The molecule has 88 valence electrons. The molecule has 0 radical (unpaired) electrons. The molecule has 0 aliphatic heterocycles. The van der Waals surface area contributed by atoms with Crippen LogP contribution in [0.25, 0.3) is 11.4 Å². The molecule has 5 nitrogen and oxygen atoms in total. The zero-order chi connectivity index (χ0) is 12.3. The predicted molar refractivity (Wildman–Crippen MR) is 62.5 cm³/mol. The van der Waals surface area contributed by atoms with Crippen molar-refractivity contribution < 1.29 is 9.53 Å². The minimum Gasteiger partial charge on any atom is -0.462 e. The highest BCUT2D eigenvalue weighted by Crippen LogP contribution is 2.22. The van der Waals surface area contributed by atoms with Crippen molar-refractivity contribution in [3.63, 3.8) is 0 Å². The van der Waals surface area contributed by atoms with Gasteiger partial charge in [-0.3, -0.25) is 10.1 Å². The summed E-state index contributed by atoms with van der Waals surface area (Å²) in [5.74, 6) is -0.388. The van der Waals surface area contributed by atoms with Gasteiger partial charge < -0.3 is 4.74 Å². The molecular formula is C12H13N3O2. The number of carbonyl (C=O) groups excluding carboxylic acids is 1. The van der Waals surface area contributed by atoms with Gasteiger partial charge in [-0.05, 0) is 25.5 Å². The van der Waals surface area contributed by atoms with Gasteiger partial charge in [-0.25, -0.2) is 4.79 Å². The van der Waals surface area contributed by atoms with Gasteiger partial charge >= 0.3 is 5.97 Å². The number of rotatable bonds is 3. The molecule has 0 unspecified atom stereocenters. The molecule has 2 aromatic rings. The second-order valence-electron chi connectivity index (χ2n) is 3.55. The Balaban J connectivity index is 2.44. The number of esters is 1. The lowest BCUT2D eigenvalue weighted by Crippen LogP contribution is -2.05. The number of hydrogen-bond donors (Lipinski definition) is 1. The van der Waals surface area contributed by atoms with E-state index in [0.29, 0.717) is 23.6 Å². The lowest BCUT2D eigenvalue weighted by Gasteiger charge is -2.04. The Kier molecular flexibility index (Phi) is 3.18. The summed E-state index contributed by atoms with van der Waals surface area (Å²) in [5.41, 5.74) is 2.70. The molecular weight excluding hydrogens is 218 g/mol. The highest BCUT2D eigenvalue weighted by atomic mass is 16.5. The summed E-state index contributed by atoms with van der Waals surface area (Å²) in [5, 5.41) is 6.67. The minimum atomic E-state index is -0.388. The maximum atomic E-state index is 11.7. The smallest absolute Gasteiger partial charge is 0.342 e. The molecule has 2 rings (SSSR count). The van der Waals surface area contributed by atoms with Gasteiger partial charge in [0.2, 0.25) is 0 Å². The number of pyridine rings is 1. The third-order valence-electron chi connectivity index (χ3n) is 2.38. The number of aryl methyl sites for hydroxylation is 1. The third-order valence-corrected chi connectivity index (χ3v) is 2.38. The summed E-state index contributed by atoms with van der Waals surface area (Å²) >= 11 is 0. The first-order valence-electron chi connectivity index (χ1n) is 5.36. The maximum absolute atomic E-state index is 11.7. The molecule has 5 heteroatoms. The van der Waals surface area contributed by atoms with Crippen molar-refractivity contribution in [2.75, 3.05) is 6.61 Å². The number of ether oxygens (including phenoxy) is 1. The fraction of sp³-hybridized carbons (Fsp3) is 0.250. The molecule has 0 saturated heterocycles. The van der Waals surface area contributed by atoms with Gasteiger partial charge in [-0.2, -0.15) is 5.10 Å². The summed E-state index contributed by atoms with van der Waals surface area (Å²) in [6.07, 6.45) is 3.14. The van der Waals surface area contributed by atoms with Crippen molar-refractivity contribution in [3.05, 3.63) is 35.7 Å². The molecule has 0 spiro atoms. The van der Waals surface area contributed by atoms with Gasteiger partial charge in [0.25, 0.3) is 0 Å². The standard InChI is InChI=1S/C12H13N3O2/c1-3-17-12(16)9-7-14-15-11(9)10-8(2)5-4-6-13-10/h4-7H,3H2,1-2H3,(H,14,15). The average Bonchev–Trinajstić information content (AvgIpc) is 2.79. The predicted octanol–water partition coefficient (Wildman–Crippen LogP) is 1.96.